The maximum Gasteiger partial charge on any atom is 0.339 e. The molecule has 0 radical (unpaired) electrons. The van der Waals surface area contributed by atoms with Gasteiger partial charge in [0, 0.05) is 12.6 Å². The van der Waals surface area contributed by atoms with Crippen LogP contribution in [0.5, 0.6) is 0 Å². The standard InChI is InChI=1S/C13H14N4O3/c1-7-15-11(17-20-7)6-14-12-9(13(18)19)5-8-3-2-4-10(8)16-12/h5H,2-4,6H2,1H3,(H,14,16)(H,18,19). The molecule has 7 nitrogen and oxygen atoms in total. The number of carboxylic acids is 1. The Kier molecular flexibility index (Phi) is 3.09. The van der Waals surface area contributed by atoms with Gasteiger partial charge in [-0.05, 0) is 30.9 Å². The number of pyridine rings is 1. The van der Waals surface area contributed by atoms with Gasteiger partial charge >= 0.3 is 5.97 Å². The summed E-state index contributed by atoms with van der Waals surface area (Å²) in [5, 5.41) is 16.0. The van der Waals surface area contributed by atoms with E-state index in [2.05, 4.69) is 20.4 Å². The van der Waals surface area contributed by atoms with Crippen molar-refractivity contribution in [3.8, 4) is 0 Å². The van der Waals surface area contributed by atoms with E-state index in [-0.39, 0.29) is 12.1 Å². The molecular formula is C13H14N4O3. The second-order valence-corrected chi connectivity index (χ2v) is 4.73. The largest absolute Gasteiger partial charge is 0.478 e. The number of aromatic carboxylic acids is 1. The maximum atomic E-state index is 11.3. The van der Waals surface area contributed by atoms with E-state index in [9.17, 15) is 9.90 Å². The molecule has 0 aromatic carbocycles. The van der Waals surface area contributed by atoms with Gasteiger partial charge in [0.25, 0.3) is 0 Å². The van der Waals surface area contributed by atoms with Crippen LogP contribution in [-0.4, -0.2) is 26.2 Å². The summed E-state index contributed by atoms with van der Waals surface area (Å²) in [6.45, 7) is 1.98. The number of anilines is 1. The van der Waals surface area contributed by atoms with Crippen LogP contribution >= 0.6 is 0 Å². The minimum Gasteiger partial charge on any atom is -0.478 e. The molecular weight excluding hydrogens is 260 g/mol. The lowest BCUT2D eigenvalue weighted by atomic mass is 10.1. The Morgan fingerprint density at radius 2 is 2.30 bits per heavy atom. The molecule has 7 heteroatoms. The number of aromatic nitrogens is 3. The second kappa shape index (κ2) is 4.92. The van der Waals surface area contributed by atoms with E-state index in [1.165, 1.54) is 0 Å². The van der Waals surface area contributed by atoms with Gasteiger partial charge in [-0.2, -0.15) is 4.98 Å². The van der Waals surface area contributed by atoms with Crippen molar-refractivity contribution in [1.29, 1.82) is 0 Å². The molecule has 2 aromatic rings. The van der Waals surface area contributed by atoms with E-state index in [1.54, 1.807) is 13.0 Å². The number of rotatable bonds is 4. The number of carbonyl (C=O) groups is 1. The first-order valence-corrected chi connectivity index (χ1v) is 6.42. The van der Waals surface area contributed by atoms with Crippen molar-refractivity contribution < 1.29 is 14.4 Å². The molecule has 0 unspecified atom stereocenters. The number of hydrogen-bond acceptors (Lipinski definition) is 6. The summed E-state index contributed by atoms with van der Waals surface area (Å²) in [5.41, 5.74) is 2.19. The van der Waals surface area contributed by atoms with Crippen LogP contribution in [-0.2, 0) is 19.4 Å². The van der Waals surface area contributed by atoms with Crippen molar-refractivity contribution in [3.05, 3.63) is 34.6 Å². The lowest BCUT2D eigenvalue weighted by Gasteiger charge is -2.09. The van der Waals surface area contributed by atoms with Crippen LogP contribution < -0.4 is 5.32 Å². The predicted octanol–water partition coefficient (Wildman–Crippen LogP) is 1.57. The Balaban J connectivity index is 1.86. The summed E-state index contributed by atoms with van der Waals surface area (Å²) in [7, 11) is 0. The first-order valence-electron chi connectivity index (χ1n) is 6.42. The quantitative estimate of drug-likeness (QED) is 0.872. The molecule has 0 atom stereocenters. The molecule has 1 aliphatic carbocycles. The fraction of sp³-hybridized carbons (Fsp3) is 0.385. The monoisotopic (exact) mass is 274 g/mol. The van der Waals surface area contributed by atoms with E-state index < -0.39 is 5.97 Å². The van der Waals surface area contributed by atoms with Crippen molar-refractivity contribution in [1.82, 2.24) is 15.1 Å². The number of nitrogens with one attached hydrogen (secondary N) is 1. The minimum absolute atomic E-state index is 0.186. The minimum atomic E-state index is -0.987. The zero-order chi connectivity index (χ0) is 14.1. The lowest BCUT2D eigenvalue weighted by Crippen LogP contribution is -2.11. The third kappa shape index (κ3) is 2.34. The van der Waals surface area contributed by atoms with E-state index in [0.29, 0.717) is 17.5 Å². The van der Waals surface area contributed by atoms with Gasteiger partial charge in [0.15, 0.2) is 5.82 Å². The Morgan fingerprint density at radius 1 is 1.45 bits per heavy atom. The topological polar surface area (TPSA) is 101 Å². The Bertz CT molecular complexity index is 666. The molecule has 0 amide bonds. The van der Waals surface area contributed by atoms with Gasteiger partial charge in [-0.1, -0.05) is 5.16 Å². The number of carboxylic acid groups (broad SMARTS) is 1. The number of hydrogen-bond donors (Lipinski definition) is 2. The third-order valence-corrected chi connectivity index (χ3v) is 3.26. The lowest BCUT2D eigenvalue weighted by molar-refractivity contribution is 0.0697. The molecule has 0 spiro atoms. The predicted molar refractivity (Wildman–Crippen MR) is 69.6 cm³/mol. The summed E-state index contributed by atoms with van der Waals surface area (Å²) in [5.74, 6) is 0.322. The first kappa shape index (κ1) is 12.6. The van der Waals surface area contributed by atoms with Crippen molar-refractivity contribution in [2.45, 2.75) is 32.7 Å². The van der Waals surface area contributed by atoms with Gasteiger partial charge in [-0.3, -0.25) is 0 Å². The van der Waals surface area contributed by atoms with Crippen LogP contribution in [0.3, 0.4) is 0 Å². The van der Waals surface area contributed by atoms with Gasteiger partial charge in [-0.25, -0.2) is 9.78 Å². The zero-order valence-electron chi connectivity index (χ0n) is 11.0. The number of fused-ring (bicyclic) bond motifs is 1. The van der Waals surface area contributed by atoms with Crippen LogP contribution in [0.4, 0.5) is 5.82 Å². The fourth-order valence-corrected chi connectivity index (χ4v) is 2.35. The van der Waals surface area contributed by atoms with Crippen LogP contribution in [0.2, 0.25) is 0 Å². The second-order valence-electron chi connectivity index (χ2n) is 4.73. The highest BCUT2D eigenvalue weighted by Gasteiger charge is 2.20. The molecule has 1 aliphatic rings. The third-order valence-electron chi connectivity index (χ3n) is 3.26. The SMILES string of the molecule is Cc1nc(CNc2nc3c(cc2C(=O)O)CCC3)no1. The maximum absolute atomic E-state index is 11.3. The van der Waals surface area contributed by atoms with Crippen LogP contribution in [0.25, 0.3) is 0 Å². The van der Waals surface area contributed by atoms with E-state index in [1.807, 2.05) is 0 Å². The van der Waals surface area contributed by atoms with Gasteiger partial charge in [0.2, 0.25) is 5.89 Å². The van der Waals surface area contributed by atoms with E-state index >= 15 is 0 Å². The highest BCUT2D eigenvalue weighted by atomic mass is 16.5. The average molecular weight is 274 g/mol. The summed E-state index contributed by atoms with van der Waals surface area (Å²) in [6, 6.07) is 1.71. The van der Waals surface area contributed by atoms with Gasteiger partial charge < -0.3 is 14.9 Å². The molecule has 0 bridgehead atoms. The van der Waals surface area contributed by atoms with Crippen molar-refractivity contribution >= 4 is 11.8 Å². The van der Waals surface area contributed by atoms with Crippen LogP contribution in [0.15, 0.2) is 10.6 Å². The molecule has 104 valence electrons. The molecule has 0 saturated carbocycles. The first-order chi connectivity index (χ1) is 9.63. The number of nitrogens with zero attached hydrogens (tertiary/aromatic N) is 3. The zero-order valence-corrected chi connectivity index (χ0v) is 11.0. The fourth-order valence-electron chi connectivity index (χ4n) is 2.35. The smallest absolute Gasteiger partial charge is 0.339 e. The highest BCUT2D eigenvalue weighted by molar-refractivity contribution is 5.93. The summed E-state index contributed by atoms with van der Waals surface area (Å²) in [6.07, 6.45) is 2.81. The van der Waals surface area contributed by atoms with Crippen molar-refractivity contribution in [2.75, 3.05) is 5.32 Å². The van der Waals surface area contributed by atoms with Crippen LogP contribution in [0.1, 0.15) is 39.8 Å². The molecule has 3 rings (SSSR count). The van der Waals surface area contributed by atoms with Gasteiger partial charge in [0.1, 0.15) is 11.4 Å². The molecule has 2 N–H and O–H groups in total. The normalized spacial score (nSPS) is 13.2. The summed E-state index contributed by atoms with van der Waals surface area (Å²) in [4.78, 5) is 19.8. The molecule has 0 aliphatic heterocycles. The van der Waals surface area contributed by atoms with Gasteiger partial charge in [-0.15, -0.1) is 0 Å². The molecule has 0 fully saturated rings. The van der Waals surface area contributed by atoms with Crippen molar-refractivity contribution in [3.63, 3.8) is 0 Å². The average Bonchev–Trinajstić information content (AvgIpc) is 3.03. The molecule has 20 heavy (non-hydrogen) atoms. The Labute approximate surface area is 115 Å². The Morgan fingerprint density at radius 3 is 3.00 bits per heavy atom. The number of aryl methyl sites for hydroxylation is 3. The highest BCUT2D eigenvalue weighted by Crippen LogP contribution is 2.25. The molecule has 0 saturated heterocycles. The van der Waals surface area contributed by atoms with E-state index in [0.717, 1.165) is 30.5 Å². The van der Waals surface area contributed by atoms with E-state index in [4.69, 9.17) is 4.52 Å². The Hall–Kier alpha value is -2.44. The van der Waals surface area contributed by atoms with Gasteiger partial charge in [0.05, 0.1) is 6.54 Å². The summed E-state index contributed by atoms with van der Waals surface area (Å²) >= 11 is 0. The molecule has 2 heterocycles. The van der Waals surface area contributed by atoms with Crippen molar-refractivity contribution in [2.24, 2.45) is 0 Å². The molecule has 2 aromatic heterocycles. The van der Waals surface area contributed by atoms with Crippen LogP contribution in [0, 0.1) is 6.92 Å². The summed E-state index contributed by atoms with van der Waals surface area (Å²) < 4.78 is 4.87.